The van der Waals surface area contributed by atoms with Crippen LogP contribution in [-0.2, 0) is 16.6 Å². The molecule has 104 valence electrons. The van der Waals surface area contributed by atoms with Gasteiger partial charge in [-0.1, -0.05) is 6.07 Å². The van der Waals surface area contributed by atoms with E-state index in [2.05, 4.69) is 9.71 Å². The number of hydrogen-bond acceptors (Lipinski definition) is 3. The van der Waals surface area contributed by atoms with Crippen molar-refractivity contribution < 1.29 is 12.8 Å². The Labute approximate surface area is 115 Å². The summed E-state index contributed by atoms with van der Waals surface area (Å²) in [5, 5.41) is 0. The molecule has 0 spiro atoms. The van der Waals surface area contributed by atoms with Crippen molar-refractivity contribution in [2.75, 3.05) is 12.8 Å². The maximum Gasteiger partial charge on any atom is 0.208 e. The molecule has 2 rings (SSSR count). The van der Waals surface area contributed by atoms with Gasteiger partial charge < -0.3 is 9.55 Å². The van der Waals surface area contributed by atoms with E-state index in [-0.39, 0.29) is 5.82 Å². The molecular weight excluding hydrogens is 289 g/mol. The summed E-state index contributed by atoms with van der Waals surface area (Å²) in [5.41, 5.74) is 1.06. The number of hydrogen-bond donors (Lipinski definition) is 2. The van der Waals surface area contributed by atoms with E-state index in [0.29, 0.717) is 35.3 Å². The van der Waals surface area contributed by atoms with Crippen molar-refractivity contribution in [2.45, 2.75) is 13.0 Å². The molecular formula is C11H14FN3O2S2. The zero-order valence-corrected chi connectivity index (χ0v) is 11.9. The van der Waals surface area contributed by atoms with Gasteiger partial charge in [-0.15, -0.1) is 0 Å². The Hall–Kier alpha value is -1.25. The molecule has 2 aromatic rings. The molecule has 0 amide bonds. The van der Waals surface area contributed by atoms with Crippen LogP contribution in [0.1, 0.15) is 6.42 Å². The van der Waals surface area contributed by atoms with Crippen molar-refractivity contribution in [1.82, 2.24) is 14.3 Å². The van der Waals surface area contributed by atoms with Crippen molar-refractivity contribution in [1.29, 1.82) is 0 Å². The highest BCUT2D eigenvalue weighted by Gasteiger charge is 2.08. The molecule has 0 atom stereocenters. The van der Waals surface area contributed by atoms with E-state index in [1.54, 1.807) is 16.7 Å². The first-order valence-electron chi connectivity index (χ1n) is 5.70. The molecule has 1 aromatic heterocycles. The van der Waals surface area contributed by atoms with Crippen LogP contribution in [0.2, 0.25) is 0 Å². The highest BCUT2D eigenvalue weighted by molar-refractivity contribution is 7.88. The average Bonchev–Trinajstić information content (AvgIpc) is 2.62. The predicted octanol–water partition coefficient (Wildman–Crippen LogP) is 1.78. The Morgan fingerprint density at radius 2 is 2.21 bits per heavy atom. The number of imidazole rings is 1. The van der Waals surface area contributed by atoms with Crippen LogP contribution in [0, 0.1) is 10.6 Å². The number of para-hydroxylation sites is 1. The number of rotatable bonds is 5. The van der Waals surface area contributed by atoms with Crippen molar-refractivity contribution in [3.8, 4) is 0 Å². The number of aryl methyl sites for hydroxylation is 1. The van der Waals surface area contributed by atoms with Gasteiger partial charge in [0.15, 0.2) is 4.77 Å². The van der Waals surface area contributed by atoms with E-state index in [1.807, 2.05) is 0 Å². The van der Waals surface area contributed by atoms with Crippen LogP contribution < -0.4 is 4.72 Å². The first-order chi connectivity index (χ1) is 8.88. The number of sulfonamides is 1. The molecule has 5 nitrogen and oxygen atoms in total. The van der Waals surface area contributed by atoms with Crippen LogP contribution in [0.25, 0.3) is 11.0 Å². The predicted molar refractivity (Wildman–Crippen MR) is 74.5 cm³/mol. The molecule has 0 radical (unpaired) electrons. The van der Waals surface area contributed by atoms with Crippen molar-refractivity contribution in [2.24, 2.45) is 0 Å². The summed E-state index contributed by atoms with van der Waals surface area (Å²) in [6, 6.07) is 4.75. The molecule has 2 N–H and O–H groups in total. The molecule has 0 aliphatic heterocycles. The lowest BCUT2D eigenvalue weighted by molar-refractivity contribution is 0.576. The van der Waals surface area contributed by atoms with E-state index >= 15 is 0 Å². The maximum atomic E-state index is 13.5. The molecule has 0 aliphatic carbocycles. The summed E-state index contributed by atoms with van der Waals surface area (Å²) in [4.78, 5) is 2.82. The van der Waals surface area contributed by atoms with Gasteiger partial charge in [-0.05, 0) is 30.8 Å². The quantitative estimate of drug-likeness (QED) is 0.653. The van der Waals surface area contributed by atoms with E-state index < -0.39 is 10.0 Å². The molecule has 1 aromatic carbocycles. The molecule has 0 aliphatic rings. The van der Waals surface area contributed by atoms with Crippen LogP contribution in [0.3, 0.4) is 0 Å². The molecule has 8 heteroatoms. The van der Waals surface area contributed by atoms with Crippen molar-refractivity contribution >= 4 is 33.3 Å². The molecule has 0 unspecified atom stereocenters. The van der Waals surface area contributed by atoms with Crippen LogP contribution in [0.15, 0.2) is 18.2 Å². The van der Waals surface area contributed by atoms with Crippen molar-refractivity contribution in [3.05, 3.63) is 28.8 Å². The van der Waals surface area contributed by atoms with Gasteiger partial charge in [0.2, 0.25) is 10.0 Å². The minimum Gasteiger partial charge on any atom is -0.328 e. The van der Waals surface area contributed by atoms with Crippen molar-refractivity contribution in [3.63, 3.8) is 0 Å². The fourth-order valence-electron chi connectivity index (χ4n) is 1.86. The fraction of sp³-hybridized carbons (Fsp3) is 0.364. The normalized spacial score (nSPS) is 12.1. The zero-order chi connectivity index (χ0) is 14.0. The number of nitrogens with one attached hydrogen (secondary N) is 2. The maximum absolute atomic E-state index is 13.5. The van der Waals surface area contributed by atoms with Gasteiger partial charge in [0.25, 0.3) is 0 Å². The zero-order valence-electron chi connectivity index (χ0n) is 10.3. The Morgan fingerprint density at radius 3 is 2.89 bits per heavy atom. The van der Waals surface area contributed by atoms with E-state index in [4.69, 9.17) is 12.2 Å². The summed E-state index contributed by atoms with van der Waals surface area (Å²) in [7, 11) is -3.18. The minimum atomic E-state index is -3.18. The Morgan fingerprint density at radius 1 is 1.47 bits per heavy atom. The van der Waals surface area contributed by atoms with E-state index in [9.17, 15) is 12.8 Å². The number of halogens is 1. The van der Waals surface area contributed by atoms with Gasteiger partial charge in [0.05, 0.1) is 11.8 Å². The highest BCUT2D eigenvalue weighted by atomic mass is 32.2. The van der Waals surface area contributed by atoms with Gasteiger partial charge in [-0.25, -0.2) is 17.5 Å². The summed E-state index contributed by atoms with van der Waals surface area (Å²) in [6.45, 7) is 0.841. The lowest BCUT2D eigenvalue weighted by atomic mass is 10.3. The Balaban J connectivity index is 2.15. The Kier molecular flexibility index (Phi) is 4.02. The van der Waals surface area contributed by atoms with Gasteiger partial charge in [0.1, 0.15) is 11.3 Å². The number of benzene rings is 1. The monoisotopic (exact) mass is 303 g/mol. The molecule has 0 saturated carbocycles. The third-order valence-corrected chi connectivity index (χ3v) is 3.73. The summed E-state index contributed by atoms with van der Waals surface area (Å²) < 4.78 is 40.0. The lowest BCUT2D eigenvalue weighted by Gasteiger charge is -2.05. The minimum absolute atomic E-state index is 0.322. The van der Waals surface area contributed by atoms with Crippen LogP contribution in [0.4, 0.5) is 4.39 Å². The van der Waals surface area contributed by atoms with Gasteiger partial charge in [-0.2, -0.15) is 0 Å². The molecule has 0 saturated heterocycles. The smallest absolute Gasteiger partial charge is 0.208 e. The number of aromatic nitrogens is 2. The van der Waals surface area contributed by atoms with E-state index in [0.717, 1.165) is 6.26 Å². The summed E-state index contributed by atoms with van der Waals surface area (Å²) in [6.07, 6.45) is 1.69. The number of nitrogens with zero attached hydrogens (tertiary/aromatic N) is 1. The summed E-state index contributed by atoms with van der Waals surface area (Å²) in [5.74, 6) is -0.350. The fourth-order valence-corrected chi connectivity index (χ4v) is 2.67. The van der Waals surface area contributed by atoms with E-state index in [1.165, 1.54) is 6.07 Å². The lowest BCUT2D eigenvalue weighted by Crippen LogP contribution is -2.23. The SMILES string of the molecule is CS(=O)(=O)NCCCn1c(=S)[nH]c2c(F)cccc21. The van der Waals surface area contributed by atoms with Crippen LogP contribution >= 0.6 is 12.2 Å². The summed E-state index contributed by atoms with van der Waals surface area (Å²) >= 11 is 5.14. The third-order valence-electron chi connectivity index (χ3n) is 2.68. The number of H-pyrrole nitrogens is 1. The molecule has 0 bridgehead atoms. The second-order valence-corrected chi connectivity index (χ2v) is 6.46. The number of fused-ring (bicyclic) bond motifs is 1. The van der Waals surface area contributed by atoms with Crippen LogP contribution in [0.5, 0.6) is 0 Å². The average molecular weight is 303 g/mol. The van der Waals surface area contributed by atoms with Gasteiger partial charge >= 0.3 is 0 Å². The standard InChI is InChI=1S/C11H14FN3O2S2/c1-19(16,17)13-6-3-7-15-9-5-2-4-8(12)10(9)14-11(15)18/h2,4-5,13H,3,6-7H2,1H3,(H,14,18). The topological polar surface area (TPSA) is 66.9 Å². The highest BCUT2D eigenvalue weighted by Crippen LogP contribution is 2.17. The first kappa shape index (κ1) is 14.2. The third kappa shape index (κ3) is 3.40. The second-order valence-electron chi connectivity index (χ2n) is 4.24. The molecule has 0 fully saturated rings. The largest absolute Gasteiger partial charge is 0.328 e. The Bertz CT molecular complexity index is 749. The number of aromatic amines is 1. The second kappa shape index (κ2) is 5.40. The van der Waals surface area contributed by atoms with Crippen LogP contribution in [-0.4, -0.2) is 30.8 Å². The molecule has 19 heavy (non-hydrogen) atoms. The molecule has 1 heterocycles. The first-order valence-corrected chi connectivity index (χ1v) is 8.00. The van der Waals surface area contributed by atoms with Gasteiger partial charge in [-0.3, -0.25) is 0 Å². The van der Waals surface area contributed by atoms with Gasteiger partial charge in [0, 0.05) is 13.1 Å².